The van der Waals surface area contributed by atoms with Crippen molar-refractivity contribution in [1.82, 2.24) is 4.57 Å². The van der Waals surface area contributed by atoms with Gasteiger partial charge in [-0.25, -0.2) is 0 Å². The zero-order chi connectivity index (χ0) is 52.5. The molecule has 1 atom stereocenters. The van der Waals surface area contributed by atoms with Gasteiger partial charge in [-0.15, -0.1) is 0 Å². The fourth-order valence-electron chi connectivity index (χ4n) is 15.0. The number of hydrogen-bond donors (Lipinski definition) is 0. The van der Waals surface area contributed by atoms with E-state index in [2.05, 4.69) is 313 Å². The first-order valence-electron chi connectivity index (χ1n) is 27.9. The lowest BCUT2D eigenvalue weighted by molar-refractivity contribution is 0.748. The Bertz CT molecular complexity index is 4780. The molecule has 2 heteroatoms. The van der Waals surface area contributed by atoms with Gasteiger partial charge in [0.2, 0.25) is 0 Å². The van der Waals surface area contributed by atoms with Crippen molar-refractivity contribution in [3.8, 4) is 50.2 Å². The number of nitrogens with zero attached hydrogens (tertiary/aromatic N) is 2. The molecule has 14 aromatic rings. The topological polar surface area (TPSA) is 8.17 Å². The van der Waals surface area contributed by atoms with Crippen molar-refractivity contribution in [3.63, 3.8) is 0 Å². The van der Waals surface area contributed by atoms with Crippen LogP contribution < -0.4 is 4.90 Å². The molecule has 2 aliphatic carbocycles. The van der Waals surface area contributed by atoms with Gasteiger partial charge in [0.25, 0.3) is 0 Å². The molecule has 372 valence electrons. The average Bonchev–Trinajstić information content (AvgIpc) is 4.32. The van der Waals surface area contributed by atoms with Crippen molar-refractivity contribution in [3.05, 3.63) is 348 Å². The lowest BCUT2D eigenvalue weighted by Gasteiger charge is -2.40. The number of para-hydroxylation sites is 4. The Labute approximate surface area is 465 Å². The van der Waals surface area contributed by atoms with Crippen molar-refractivity contribution in [2.24, 2.45) is 0 Å². The lowest BCUT2D eigenvalue weighted by Crippen LogP contribution is -2.33. The fraction of sp³-hybridized carbons (Fsp3) is 0.0256. The summed E-state index contributed by atoms with van der Waals surface area (Å²) in [6.07, 6.45) is 0. The van der Waals surface area contributed by atoms with E-state index in [1.165, 1.54) is 116 Å². The minimum atomic E-state index is -0.635. The second kappa shape index (κ2) is 17.1. The Balaban J connectivity index is 0.981. The van der Waals surface area contributed by atoms with Gasteiger partial charge in [0.05, 0.1) is 38.9 Å². The molecule has 1 spiro atoms. The van der Waals surface area contributed by atoms with Crippen LogP contribution in [0.15, 0.2) is 303 Å². The number of benzene rings is 13. The molecule has 1 aromatic heterocycles. The van der Waals surface area contributed by atoms with E-state index < -0.39 is 10.8 Å². The SMILES string of the molecule is c1ccc(-c2ccc(-c3ccccc3N(c3ccc4c(c3)C(c3ccccc3)(c3ccccc3)c3ccc5ccccc5c3-4)c3cccc4c3-c3ccccc3C43c4ccccc4-n4c5ccccc5c5cccc3c54)cc2)cc1. The molecule has 80 heavy (non-hydrogen) atoms. The molecule has 13 aromatic carbocycles. The highest BCUT2D eigenvalue weighted by atomic mass is 15.1. The van der Waals surface area contributed by atoms with E-state index in [0.29, 0.717) is 0 Å². The van der Waals surface area contributed by atoms with E-state index in [9.17, 15) is 0 Å². The maximum atomic E-state index is 2.60. The van der Waals surface area contributed by atoms with E-state index in [-0.39, 0.29) is 0 Å². The Hall–Kier alpha value is -10.3. The maximum absolute atomic E-state index is 2.60. The van der Waals surface area contributed by atoms with Gasteiger partial charge in [-0.2, -0.15) is 0 Å². The quantitative estimate of drug-likeness (QED) is 0.154. The molecule has 1 aliphatic heterocycles. The lowest BCUT2D eigenvalue weighted by atomic mass is 9.65. The number of fused-ring (bicyclic) bond motifs is 17. The van der Waals surface area contributed by atoms with Crippen molar-refractivity contribution in [1.29, 1.82) is 0 Å². The number of rotatable bonds is 7. The van der Waals surface area contributed by atoms with Crippen molar-refractivity contribution >= 4 is 49.6 Å². The molecule has 2 nitrogen and oxygen atoms in total. The van der Waals surface area contributed by atoms with Gasteiger partial charge >= 0.3 is 0 Å². The smallest absolute Gasteiger partial charge is 0.0755 e. The van der Waals surface area contributed by atoms with Crippen molar-refractivity contribution in [2.75, 3.05) is 4.90 Å². The molecule has 0 fully saturated rings. The minimum absolute atomic E-state index is 0.628. The summed E-state index contributed by atoms with van der Waals surface area (Å²) < 4.78 is 2.54. The monoisotopic (exact) mass is 1010 g/mol. The summed E-state index contributed by atoms with van der Waals surface area (Å²) in [7, 11) is 0. The van der Waals surface area contributed by atoms with Crippen LogP contribution in [0.3, 0.4) is 0 Å². The minimum Gasteiger partial charge on any atom is -0.309 e. The molecule has 3 aliphatic rings. The zero-order valence-electron chi connectivity index (χ0n) is 43.8. The molecule has 0 N–H and O–H groups in total. The highest BCUT2D eigenvalue weighted by molar-refractivity contribution is 6.13. The molecule has 0 radical (unpaired) electrons. The van der Waals surface area contributed by atoms with Gasteiger partial charge in [0.1, 0.15) is 0 Å². The Morgan fingerprint density at radius 2 is 0.838 bits per heavy atom. The normalized spacial score (nSPS) is 14.9. The van der Waals surface area contributed by atoms with Crippen LogP contribution in [0.1, 0.15) is 44.5 Å². The van der Waals surface area contributed by atoms with Gasteiger partial charge < -0.3 is 9.47 Å². The van der Waals surface area contributed by atoms with Gasteiger partial charge in [-0.3, -0.25) is 0 Å². The van der Waals surface area contributed by atoms with Gasteiger partial charge in [-0.05, 0) is 125 Å². The van der Waals surface area contributed by atoms with Crippen LogP contribution in [0.2, 0.25) is 0 Å². The summed E-state index contributed by atoms with van der Waals surface area (Å²) >= 11 is 0. The molecule has 17 rings (SSSR count). The third-order valence-corrected chi connectivity index (χ3v) is 18.1. The van der Waals surface area contributed by atoms with E-state index >= 15 is 0 Å². The van der Waals surface area contributed by atoms with Crippen LogP contribution in [0.25, 0.3) is 82.8 Å². The van der Waals surface area contributed by atoms with Crippen LogP contribution in [-0.4, -0.2) is 4.57 Å². The number of aromatic nitrogens is 1. The summed E-state index contributed by atoms with van der Waals surface area (Å²) in [5.41, 5.74) is 25.7. The molecule has 0 saturated heterocycles. The predicted octanol–water partition coefficient (Wildman–Crippen LogP) is 19.8. The summed E-state index contributed by atoms with van der Waals surface area (Å²) in [6, 6.07) is 114. The van der Waals surface area contributed by atoms with Crippen molar-refractivity contribution < 1.29 is 0 Å². The Morgan fingerprint density at radius 1 is 0.287 bits per heavy atom. The molecule has 0 amide bonds. The third kappa shape index (κ3) is 5.97. The first-order valence-corrected chi connectivity index (χ1v) is 27.9. The number of anilines is 3. The van der Waals surface area contributed by atoms with Crippen LogP contribution >= 0.6 is 0 Å². The summed E-state index contributed by atoms with van der Waals surface area (Å²) in [4.78, 5) is 2.60. The highest BCUT2D eigenvalue weighted by Crippen LogP contribution is 2.65. The van der Waals surface area contributed by atoms with Gasteiger partial charge in [-0.1, -0.05) is 267 Å². The molecule has 0 saturated carbocycles. The van der Waals surface area contributed by atoms with Crippen molar-refractivity contribution in [2.45, 2.75) is 10.8 Å². The summed E-state index contributed by atoms with van der Waals surface area (Å²) in [5.74, 6) is 0. The van der Waals surface area contributed by atoms with E-state index in [1.54, 1.807) is 0 Å². The first-order chi connectivity index (χ1) is 39.7. The van der Waals surface area contributed by atoms with Gasteiger partial charge in [0, 0.05) is 27.6 Å². The van der Waals surface area contributed by atoms with Crippen LogP contribution in [-0.2, 0) is 10.8 Å². The zero-order valence-corrected chi connectivity index (χ0v) is 43.8. The molecule has 1 unspecified atom stereocenters. The van der Waals surface area contributed by atoms with E-state index in [1.807, 2.05) is 0 Å². The standard InChI is InChI=1S/C78H50N2/c1-4-22-51(23-5-1)52-42-44-54(45-43-52)58-29-13-17-38-70(58)79(57-47-48-63-69(50-57)77(55-25-6-2-7-26-55,56-27-8-3-9-28-56)67-49-46-53-24-10-11-30-59(53)74(63)67)73-41-21-36-66-75(73)62-32-12-15-34-64(62)78(66)65-35-16-19-40-72(65)80-71-39-18-14-31-60(71)61-33-20-37-68(78)76(61)80/h1-50H. The van der Waals surface area contributed by atoms with Crippen LogP contribution in [0.5, 0.6) is 0 Å². The molecule has 2 heterocycles. The van der Waals surface area contributed by atoms with E-state index in [0.717, 1.165) is 28.2 Å². The number of hydrogen-bond acceptors (Lipinski definition) is 1. The second-order valence-corrected chi connectivity index (χ2v) is 21.8. The maximum Gasteiger partial charge on any atom is 0.0755 e. The largest absolute Gasteiger partial charge is 0.309 e. The summed E-state index contributed by atoms with van der Waals surface area (Å²) in [6.45, 7) is 0. The highest BCUT2D eigenvalue weighted by Gasteiger charge is 2.52. The fourth-order valence-corrected chi connectivity index (χ4v) is 15.0. The Morgan fingerprint density at radius 3 is 1.64 bits per heavy atom. The van der Waals surface area contributed by atoms with Crippen LogP contribution in [0.4, 0.5) is 17.1 Å². The molecular weight excluding hydrogens is 965 g/mol. The first kappa shape index (κ1) is 44.8. The van der Waals surface area contributed by atoms with E-state index in [4.69, 9.17) is 0 Å². The van der Waals surface area contributed by atoms with Crippen LogP contribution in [0, 0.1) is 0 Å². The Kier molecular flexibility index (Phi) is 9.58. The molecular formula is C78H50N2. The summed E-state index contributed by atoms with van der Waals surface area (Å²) in [5, 5.41) is 5.04. The average molecular weight is 1020 g/mol. The third-order valence-electron chi connectivity index (χ3n) is 18.1. The second-order valence-electron chi connectivity index (χ2n) is 21.8. The molecule has 0 bridgehead atoms. The van der Waals surface area contributed by atoms with Gasteiger partial charge in [0.15, 0.2) is 0 Å². The predicted molar refractivity (Wildman–Crippen MR) is 332 cm³/mol.